The Bertz CT molecular complexity index is 1180. The standard InChI is InChI=1S/C22H20N2O4/c1-12-3-8-17-16(14-4-6-15(7-5-14)23-13(2)25)9-10-18-20(17)24(12)11-19(21(18)26)22(27)28/h4-7,9-12H,3,8H2,1-2H3,(H,23,25)(H,27,28). The Kier molecular flexibility index (Phi) is 4.26. The lowest BCUT2D eigenvalue weighted by Gasteiger charge is -2.28. The number of pyridine rings is 1. The number of hydrogen-bond acceptors (Lipinski definition) is 3. The number of hydrogen-bond donors (Lipinski definition) is 2. The molecule has 2 heterocycles. The number of aromatic carboxylic acids is 1. The number of amides is 1. The van der Waals surface area contributed by atoms with Crippen LogP contribution in [0, 0.1) is 0 Å². The van der Waals surface area contributed by atoms with Gasteiger partial charge in [0.15, 0.2) is 0 Å². The van der Waals surface area contributed by atoms with Crippen LogP contribution in [0.2, 0.25) is 0 Å². The highest BCUT2D eigenvalue weighted by Gasteiger charge is 2.24. The number of carboxylic acids is 1. The molecular formula is C22H20N2O4. The molecule has 0 saturated heterocycles. The second-order valence-corrected chi connectivity index (χ2v) is 7.22. The summed E-state index contributed by atoms with van der Waals surface area (Å²) < 4.78 is 1.92. The fraction of sp³-hybridized carbons (Fsp3) is 0.227. The molecule has 1 atom stereocenters. The molecule has 3 aromatic rings. The van der Waals surface area contributed by atoms with Gasteiger partial charge in [-0.25, -0.2) is 4.79 Å². The van der Waals surface area contributed by atoms with Gasteiger partial charge in [0.2, 0.25) is 11.3 Å². The Hall–Kier alpha value is -3.41. The van der Waals surface area contributed by atoms with Crippen LogP contribution in [0.25, 0.3) is 22.0 Å². The molecule has 1 aliphatic heterocycles. The van der Waals surface area contributed by atoms with Crippen molar-refractivity contribution in [2.45, 2.75) is 32.7 Å². The second-order valence-electron chi connectivity index (χ2n) is 7.22. The predicted molar refractivity (Wildman–Crippen MR) is 108 cm³/mol. The van der Waals surface area contributed by atoms with Crippen molar-refractivity contribution in [1.29, 1.82) is 0 Å². The minimum atomic E-state index is -1.20. The first kappa shape index (κ1) is 18.0. The first-order chi connectivity index (χ1) is 13.4. The average Bonchev–Trinajstić information content (AvgIpc) is 2.66. The highest BCUT2D eigenvalue weighted by Crippen LogP contribution is 2.36. The van der Waals surface area contributed by atoms with E-state index < -0.39 is 11.4 Å². The molecule has 1 aromatic heterocycles. The van der Waals surface area contributed by atoms with E-state index in [1.165, 1.54) is 13.1 Å². The average molecular weight is 376 g/mol. The van der Waals surface area contributed by atoms with Crippen molar-refractivity contribution in [3.05, 3.63) is 63.9 Å². The molecule has 0 bridgehead atoms. The summed E-state index contributed by atoms with van der Waals surface area (Å²) >= 11 is 0. The second kappa shape index (κ2) is 6.64. The van der Waals surface area contributed by atoms with E-state index in [2.05, 4.69) is 5.32 Å². The summed E-state index contributed by atoms with van der Waals surface area (Å²) in [5, 5.41) is 12.6. The van der Waals surface area contributed by atoms with Crippen molar-refractivity contribution in [1.82, 2.24) is 4.57 Å². The lowest BCUT2D eigenvalue weighted by atomic mass is 9.89. The van der Waals surface area contributed by atoms with Gasteiger partial charge in [-0.15, -0.1) is 0 Å². The molecule has 0 fully saturated rings. The third-order valence-electron chi connectivity index (χ3n) is 5.33. The highest BCUT2D eigenvalue weighted by molar-refractivity contribution is 5.96. The largest absolute Gasteiger partial charge is 0.477 e. The summed E-state index contributed by atoms with van der Waals surface area (Å²) in [5.74, 6) is -1.33. The van der Waals surface area contributed by atoms with Crippen LogP contribution in [0.4, 0.5) is 5.69 Å². The predicted octanol–water partition coefficient (Wildman–Crippen LogP) is 3.83. The molecule has 2 N–H and O–H groups in total. The number of carbonyl (C=O) groups is 2. The van der Waals surface area contributed by atoms with Gasteiger partial charge in [0.1, 0.15) is 5.56 Å². The zero-order valence-corrected chi connectivity index (χ0v) is 15.7. The van der Waals surface area contributed by atoms with E-state index in [1.807, 2.05) is 41.8 Å². The number of nitrogens with zero attached hydrogens (tertiary/aromatic N) is 1. The number of carboxylic acid groups (broad SMARTS) is 1. The number of aryl methyl sites for hydroxylation is 1. The first-order valence-corrected chi connectivity index (χ1v) is 9.19. The Morgan fingerprint density at radius 3 is 2.50 bits per heavy atom. The number of benzene rings is 2. The van der Waals surface area contributed by atoms with Crippen LogP contribution in [0.15, 0.2) is 47.4 Å². The molecule has 4 rings (SSSR count). The number of nitrogens with one attached hydrogen (secondary N) is 1. The van der Waals surface area contributed by atoms with Crippen molar-refractivity contribution in [2.24, 2.45) is 0 Å². The highest BCUT2D eigenvalue weighted by atomic mass is 16.4. The molecule has 28 heavy (non-hydrogen) atoms. The van der Waals surface area contributed by atoms with Crippen LogP contribution < -0.4 is 10.7 Å². The van der Waals surface area contributed by atoms with Gasteiger partial charge >= 0.3 is 5.97 Å². The smallest absolute Gasteiger partial charge is 0.341 e. The van der Waals surface area contributed by atoms with E-state index in [4.69, 9.17) is 0 Å². The normalized spacial score (nSPS) is 15.4. The van der Waals surface area contributed by atoms with E-state index in [-0.39, 0.29) is 17.5 Å². The van der Waals surface area contributed by atoms with Crippen molar-refractivity contribution < 1.29 is 14.7 Å². The van der Waals surface area contributed by atoms with E-state index in [0.29, 0.717) is 5.39 Å². The maximum atomic E-state index is 12.7. The van der Waals surface area contributed by atoms with E-state index in [0.717, 1.165) is 40.7 Å². The fourth-order valence-corrected chi connectivity index (χ4v) is 3.97. The van der Waals surface area contributed by atoms with Gasteiger partial charge in [-0.05, 0) is 54.7 Å². The molecular weight excluding hydrogens is 356 g/mol. The van der Waals surface area contributed by atoms with Crippen molar-refractivity contribution in [3.63, 3.8) is 0 Å². The molecule has 0 aliphatic carbocycles. The topological polar surface area (TPSA) is 88.4 Å². The molecule has 0 radical (unpaired) electrons. The van der Waals surface area contributed by atoms with Gasteiger partial charge in [0.05, 0.1) is 5.52 Å². The zero-order valence-electron chi connectivity index (χ0n) is 15.7. The lowest BCUT2D eigenvalue weighted by Crippen LogP contribution is -2.24. The maximum Gasteiger partial charge on any atom is 0.341 e. The van der Waals surface area contributed by atoms with Crippen molar-refractivity contribution in [3.8, 4) is 11.1 Å². The van der Waals surface area contributed by atoms with Crippen molar-refractivity contribution >= 4 is 28.5 Å². The number of anilines is 1. The molecule has 6 nitrogen and oxygen atoms in total. The van der Waals surface area contributed by atoms with Crippen LogP contribution >= 0.6 is 0 Å². The van der Waals surface area contributed by atoms with E-state index in [9.17, 15) is 19.5 Å². The molecule has 142 valence electrons. The third-order valence-corrected chi connectivity index (χ3v) is 5.33. The van der Waals surface area contributed by atoms with Crippen LogP contribution in [0.1, 0.15) is 42.2 Å². The van der Waals surface area contributed by atoms with Crippen LogP contribution in [-0.2, 0) is 11.2 Å². The molecule has 6 heteroatoms. The Balaban J connectivity index is 1.93. The SMILES string of the molecule is CC(=O)Nc1ccc(-c2ccc3c(=O)c(C(=O)O)cn4c3c2CCC4C)cc1. The Morgan fingerprint density at radius 2 is 1.86 bits per heavy atom. The van der Waals surface area contributed by atoms with Gasteiger partial charge in [-0.1, -0.05) is 18.2 Å². The molecule has 0 spiro atoms. The summed E-state index contributed by atoms with van der Waals surface area (Å²) in [4.78, 5) is 35.4. The zero-order chi connectivity index (χ0) is 20.0. The molecule has 0 saturated carbocycles. The quantitative estimate of drug-likeness (QED) is 0.727. The van der Waals surface area contributed by atoms with Crippen LogP contribution in [0.5, 0.6) is 0 Å². The Morgan fingerprint density at radius 1 is 1.14 bits per heavy atom. The van der Waals surface area contributed by atoms with E-state index in [1.54, 1.807) is 6.07 Å². The molecule has 2 aromatic carbocycles. The summed E-state index contributed by atoms with van der Waals surface area (Å²) in [5.41, 5.74) is 3.96. The maximum absolute atomic E-state index is 12.7. The van der Waals surface area contributed by atoms with Crippen LogP contribution in [0.3, 0.4) is 0 Å². The van der Waals surface area contributed by atoms with Gasteiger partial charge in [0, 0.05) is 30.2 Å². The summed E-state index contributed by atoms with van der Waals surface area (Å²) in [7, 11) is 0. The molecule has 1 aliphatic rings. The van der Waals surface area contributed by atoms with Gasteiger partial charge in [0.25, 0.3) is 0 Å². The number of carbonyl (C=O) groups excluding carboxylic acids is 1. The third kappa shape index (κ3) is 2.87. The van der Waals surface area contributed by atoms with Gasteiger partial charge in [-0.3, -0.25) is 9.59 Å². The first-order valence-electron chi connectivity index (χ1n) is 9.19. The Labute approximate surface area is 161 Å². The number of aromatic nitrogens is 1. The molecule has 1 amide bonds. The summed E-state index contributed by atoms with van der Waals surface area (Å²) in [6.07, 6.45) is 3.15. The van der Waals surface area contributed by atoms with Crippen molar-refractivity contribution in [2.75, 3.05) is 5.32 Å². The van der Waals surface area contributed by atoms with E-state index >= 15 is 0 Å². The van der Waals surface area contributed by atoms with Gasteiger partial charge in [-0.2, -0.15) is 0 Å². The summed E-state index contributed by atoms with van der Waals surface area (Å²) in [6, 6.07) is 11.3. The van der Waals surface area contributed by atoms with Crippen LogP contribution in [-0.4, -0.2) is 21.6 Å². The monoisotopic (exact) mass is 376 g/mol. The van der Waals surface area contributed by atoms with Gasteiger partial charge < -0.3 is 15.0 Å². The minimum Gasteiger partial charge on any atom is -0.477 e. The summed E-state index contributed by atoms with van der Waals surface area (Å²) in [6.45, 7) is 3.50. The molecule has 1 unspecified atom stereocenters. The fourth-order valence-electron chi connectivity index (χ4n) is 3.97. The lowest BCUT2D eigenvalue weighted by molar-refractivity contribution is -0.114. The number of rotatable bonds is 3. The minimum absolute atomic E-state index is 0.117.